The Bertz CT molecular complexity index is 1340. The zero-order valence-electron chi connectivity index (χ0n) is 17.4. The summed E-state index contributed by atoms with van der Waals surface area (Å²) in [6.07, 6.45) is -0.353. The van der Waals surface area contributed by atoms with E-state index in [9.17, 15) is 23.9 Å². The number of H-pyrrole nitrogens is 1. The fourth-order valence-corrected chi connectivity index (χ4v) is 3.53. The predicted molar refractivity (Wildman–Crippen MR) is 121 cm³/mol. The average Bonchev–Trinajstić information content (AvgIpc) is 3.21. The van der Waals surface area contributed by atoms with Gasteiger partial charge in [0.05, 0.1) is 12.5 Å². The Kier molecular flexibility index (Phi) is 6.17. The fourth-order valence-electron chi connectivity index (χ4n) is 3.53. The smallest absolute Gasteiger partial charge is 0.305 e. The molecule has 7 nitrogen and oxygen atoms in total. The van der Waals surface area contributed by atoms with Crippen LogP contribution in [0.15, 0.2) is 89.7 Å². The quantitative estimate of drug-likeness (QED) is 0.401. The molecule has 4 aromatic rings. The number of hydrogen-bond acceptors (Lipinski definition) is 3. The molecular formula is C25H20FN3O4. The van der Waals surface area contributed by atoms with E-state index < -0.39 is 29.3 Å². The standard InChI is InChI=1S/C25H20FN3O4/c26-19-8-4-5-9-22(19)29-23(30)14-21(28-29)25(33)27-20(15-24(31)32)18-12-10-17(11-13-18)16-6-2-1-3-7-16/h1-14,20,28H,15H2,(H,27,33)(H,31,32). The highest BCUT2D eigenvalue weighted by atomic mass is 19.1. The van der Waals surface area contributed by atoms with E-state index in [4.69, 9.17) is 0 Å². The molecule has 0 fully saturated rings. The van der Waals surface area contributed by atoms with Crippen LogP contribution < -0.4 is 10.9 Å². The van der Waals surface area contributed by atoms with E-state index in [2.05, 4.69) is 10.4 Å². The van der Waals surface area contributed by atoms with E-state index in [1.807, 2.05) is 42.5 Å². The Morgan fingerprint density at radius 2 is 1.58 bits per heavy atom. The highest BCUT2D eigenvalue weighted by molar-refractivity contribution is 5.92. The van der Waals surface area contributed by atoms with E-state index >= 15 is 0 Å². The molecule has 3 N–H and O–H groups in total. The minimum atomic E-state index is -1.09. The molecule has 4 rings (SSSR count). The summed E-state index contributed by atoms with van der Waals surface area (Å²) in [4.78, 5) is 36.5. The van der Waals surface area contributed by atoms with Crippen molar-refractivity contribution in [2.45, 2.75) is 12.5 Å². The number of halogens is 1. The zero-order chi connectivity index (χ0) is 23.4. The van der Waals surface area contributed by atoms with E-state index in [-0.39, 0.29) is 17.8 Å². The van der Waals surface area contributed by atoms with Gasteiger partial charge in [0.15, 0.2) is 0 Å². The number of nitrogens with one attached hydrogen (secondary N) is 2. The lowest BCUT2D eigenvalue weighted by Crippen LogP contribution is -2.30. The molecule has 0 aliphatic rings. The topological polar surface area (TPSA) is 104 Å². The number of carboxylic acid groups (broad SMARTS) is 1. The van der Waals surface area contributed by atoms with Gasteiger partial charge in [0.2, 0.25) is 0 Å². The third-order valence-electron chi connectivity index (χ3n) is 5.16. The highest BCUT2D eigenvalue weighted by Crippen LogP contribution is 2.24. The molecule has 0 spiro atoms. The molecule has 1 atom stereocenters. The van der Waals surface area contributed by atoms with Crippen molar-refractivity contribution in [2.24, 2.45) is 0 Å². The van der Waals surface area contributed by atoms with Crippen LogP contribution in [0, 0.1) is 5.82 Å². The molecule has 0 aliphatic heterocycles. The molecule has 33 heavy (non-hydrogen) atoms. The number of hydrogen-bond donors (Lipinski definition) is 3. The van der Waals surface area contributed by atoms with Crippen molar-refractivity contribution in [3.05, 3.63) is 112 Å². The molecule has 0 radical (unpaired) electrons. The maximum absolute atomic E-state index is 14.1. The molecule has 8 heteroatoms. The van der Waals surface area contributed by atoms with Crippen LogP contribution in [0.5, 0.6) is 0 Å². The number of carboxylic acids is 1. The van der Waals surface area contributed by atoms with E-state index in [0.717, 1.165) is 21.9 Å². The number of amides is 1. The van der Waals surface area contributed by atoms with Crippen molar-refractivity contribution in [1.29, 1.82) is 0 Å². The Morgan fingerprint density at radius 3 is 2.24 bits per heavy atom. The molecule has 0 saturated heterocycles. The molecule has 3 aromatic carbocycles. The van der Waals surface area contributed by atoms with Gasteiger partial charge in [-0.1, -0.05) is 66.7 Å². The van der Waals surface area contributed by atoms with Gasteiger partial charge in [-0.25, -0.2) is 9.07 Å². The van der Waals surface area contributed by atoms with Crippen molar-refractivity contribution < 1.29 is 19.1 Å². The summed E-state index contributed by atoms with van der Waals surface area (Å²) >= 11 is 0. The van der Waals surface area contributed by atoms with Gasteiger partial charge in [-0.15, -0.1) is 0 Å². The lowest BCUT2D eigenvalue weighted by atomic mass is 9.99. The summed E-state index contributed by atoms with van der Waals surface area (Å²) in [7, 11) is 0. The largest absolute Gasteiger partial charge is 0.481 e. The predicted octanol–water partition coefficient (Wildman–Crippen LogP) is 3.92. The van der Waals surface area contributed by atoms with Crippen molar-refractivity contribution >= 4 is 11.9 Å². The third kappa shape index (κ3) is 4.90. The van der Waals surface area contributed by atoms with Gasteiger partial charge in [0, 0.05) is 6.07 Å². The van der Waals surface area contributed by atoms with Gasteiger partial charge in [-0.2, -0.15) is 0 Å². The van der Waals surface area contributed by atoms with Gasteiger partial charge in [-0.3, -0.25) is 19.5 Å². The molecule has 0 aliphatic carbocycles. The van der Waals surface area contributed by atoms with Crippen LogP contribution in [0.3, 0.4) is 0 Å². The molecule has 1 heterocycles. The number of aromatic amines is 1. The average molecular weight is 445 g/mol. The van der Waals surface area contributed by atoms with Crippen LogP contribution in [-0.4, -0.2) is 26.8 Å². The number of para-hydroxylation sites is 1. The molecular weight excluding hydrogens is 425 g/mol. The van der Waals surface area contributed by atoms with Crippen LogP contribution in [0.1, 0.15) is 28.5 Å². The lowest BCUT2D eigenvalue weighted by Gasteiger charge is -2.17. The second-order valence-corrected chi connectivity index (χ2v) is 7.41. The van der Waals surface area contributed by atoms with E-state index in [1.165, 1.54) is 18.2 Å². The molecule has 1 unspecified atom stereocenters. The van der Waals surface area contributed by atoms with Crippen LogP contribution in [0.25, 0.3) is 16.8 Å². The van der Waals surface area contributed by atoms with Crippen molar-refractivity contribution in [2.75, 3.05) is 0 Å². The Morgan fingerprint density at radius 1 is 0.939 bits per heavy atom. The third-order valence-corrected chi connectivity index (χ3v) is 5.16. The van der Waals surface area contributed by atoms with Crippen LogP contribution in [0.4, 0.5) is 4.39 Å². The first-order valence-corrected chi connectivity index (χ1v) is 10.2. The normalized spacial score (nSPS) is 11.7. The summed E-state index contributed by atoms with van der Waals surface area (Å²) in [5, 5.41) is 14.6. The van der Waals surface area contributed by atoms with Crippen molar-refractivity contribution in [3.63, 3.8) is 0 Å². The summed E-state index contributed by atoms with van der Waals surface area (Å²) in [6.45, 7) is 0. The maximum atomic E-state index is 14.1. The van der Waals surface area contributed by atoms with Gasteiger partial charge in [0.1, 0.15) is 17.2 Å². The van der Waals surface area contributed by atoms with Crippen LogP contribution in [0.2, 0.25) is 0 Å². The van der Waals surface area contributed by atoms with Crippen LogP contribution >= 0.6 is 0 Å². The van der Waals surface area contributed by atoms with E-state index in [1.54, 1.807) is 18.2 Å². The second kappa shape index (κ2) is 9.35. The van der Waals surface area contributed by atoms with Gasteiger partial charge < -0.3 is 10.4 Å². The molecule has 166 valence electrons. The highest BCUT2D eigenvalue weighted by Gasteiger charge is 2.21. The minimum Gasteiger partial charge on any atom is -0.481 e. The second-order valence-electron chi connectivity index (χ2n) is 7.41. The number of aromatic nitrogens is 2. The number of carbonyl (C=O) groups is 2. The van der Waals surface area contributed by atoms with Crippen molar-refractivity contribution in [3.8, 4) is 16.8 Å². The van der Waals surface area contributed by atoms with Gasteiger partial charge >= 0.3 is 5.97 Å². The molecule has 0 bridgehead atoms. The summed E-state index contributed by atoms with van der Waals surface area (Å²) < 4.78 is 15.0. The lowest BCUT2D eigenvalue weighted by molar-refractivity contribution is -0.137. The minimum absolute atomic E-state index is 0.0277. The van der Waals surface area contributed by atoms with Gasteiger partial charge in [-0.05, 0) is 28.8 Å². The number of nitrogens with zero attached hydrogens (tertiary/aromatic N) is 1. The summed E-state index contributed by atoms with van der Waals surface area (Å²) in [5.74, 6) is -2.40. The first kappa shape index (κ1) is 21.8. The number of carbonyl (C=O) groups excluding carboxylic acids is 1. The fraction of sp³-hybridized carbons (Fsp3) is 0.0800. The first-order chi connectivity index (χ1) is 15.9. The Labute approximate surface area is 188 Å². The first-order valence-electron chi connectivity index (χ1n) is 10.2. The number of aliphatic carboxylic acids is 1. The Hall–Kier alpha value is -4.46. The monoisotopic (exact) mass is 445 g/mol. The summed E-state index contributed by atoms with van der Waals surface area (Å²) in [5.41, 5.74) is 1.80. The van der Waals surface area contributed by atoms with Crippen molar-refractivity contribution in [1.82, 2.24) is 15.1 Å². The van der Waals surface area contributed by atoms with E-state index in [0.29, 0.717) is 5.56 Å². The van der Waals surface area contributed by atoms with Crippen LogP contribution in [-0.2, 0) is 4.79 Å². The molecule has 1 aromatic heterocycles. The SMILES string of the molecule is O=C(O)CC(NC(=O)c1cc(=O)n(-c2ccccc2F)[nH]1)c1ccc(-c2ccccc2)cc1. The number of benzene rings is 3. The summed E-state index contributed by atoms with van der Waals surface area (Å²) in [6, 6.07) is 22.7. The zero-order valence-corrected chi connectivity index (χ0v) is 17.4. The number of rotatable bonds is 7. The van der Waals surface area contributed by atoms with Gasteiger partial charge in [0.25, 0.3) is 11.5 Å². The molecule has 1 amide bonds. The maximum Gasteiger partial charge on any atom is 0.305 e. The molecule has 0 saturated carbocycles. The Balaban J connectivity index is 1.58.